The minimum Gasteiger partial charge on any atom is -0.338 e. The van der Waals surface area contributed by atoms with E-state index in [1.54, 1.807) is 6.20 Å². The normalized spacial score (nSPS) is 20.5. The second kappa shape index (κ2) is 5.25. The number of hydrogen-bond donors (Lipinski definition) is 0. The maximum absolute atomic E-state index is 11.8. The molecule has 5 heteroatoms. The number of aryl methyl sites for hydroxylation is 1. The van der Waals surface area contributed by atoms with Gasteiger partial charge in [-0.15, -0.1) is 0 Å². The lowest BCUT2D eigenvalue weighted by atomic mass is 9.96. The van der Waals surface area contributed by atoms with E-state index in [1.807, 2.05) is 0 Å². The second-order valence-corrected chi connectivity index (χ2v) is 5.23. The molecule has 0 amide bonds. The molecule has 0 spiro atoms. The Morgan fingerprint density at radius 2 is 2.00 bits per heavy atom. The summed E-state index contributed by atoms with van der Waals surface area (Å²) >= 11 is 0. The molecule has 1 aliphatic heterocycles. The number of rotatable bonds is 2. The summed E-state index contributed by atoms with van der Waals surface area (Å²) in [6.07, 6.45) is 4.20. The molecule has 0 radical (unpaired) electrons. The number of hydrogen-bond acceptors (Lipinski definition) is 5. The fourth-order valence-corrected chi connectivity index (χ4v) is 2.80. The predicted octanol–water partition coefficient (Wildman–Crippen LogP) is 1.14. The van der Waals surface area contributed by atoms with Crippen molar-refractivity contribution in [1.29, 1.82) is 0 Å². The molecule has 5 nitrogen and oxygen atoms in total. The van der Waals surface area contributed by atoms with Crippen LogP contribution in [0.2, 0.25) is 0 Å². The largest absolute Gasteiger partial charge is 0.338 e. The Hall–Kier alpha value is -1.49. The number of piperazine rings is 1. The number of likely N-dealkylation sites (N-methyl/N-ethyl adjacent to an activating group) is 1. The summed E-state index contributed by atoms with van der Waals surface area (Å²) in [5, 5.41) is 0. The fraction of sp³-hybridized carbons (Fsp3) is 0.643. The van der Waals surface area contributed by atoms with E-state index in [-0.39, 0.29) is 5.78 Å². The maximum Gasteiger partial charge on any atom is 0.225 e. The van der Waals surface area contributed by atoms with Crippen LogP contribution in [0.15, 0.2) is 6.20 Å². The van der Waals surface area contributed by atoms with E-state index in [4.69, 9.17) is 0 Å². The van der Waals surface area contributed by atoms with Gasteiger partial charge in [0.15, 0.2) is 5.78 Å². The molecule has 19 heavy (non-hydrogen) atoms. The lowest BCUT2D eigenvalue weighted by Gasteiger charge is -2.34. The highest BCUT2D eigenvalue weighted by Crippen LogP contribution is 2.21. The molecule has 0 unspecified atom stereocenters. The third-order valence-corrected chi connectivity index (χ3v) is 4.08. The zero-order valence-electron chi connectivity index (χ0n) is 11.4. The first-order chi connectivity index (χ1) is 9.28. The Morgan fingerprint density at radius 3 is 2.74 bits per heavy atom. The van der Waals surface area contributed by atoms with Crippen LogP contribution in [0.3, 0.4) is 0 Å². The zero-order chi connectivity index (χ0) is 13.2. The van der Waals surface area contributed by atoms with Crippen LogP contribution in [-0.2, 0) is 6.42 Å². The molecule has 0 aromatic carbocycles. The second-order valence-electron chi connectivity index (χ2n) is 5.23. The Balaban J connectivity index is 1.77. The van der Waals surface area contributed by atoms with Crippen molar-refractivity contribution in [2.45, 2.75) is 26.2 Å². The van der Waals surface area contributed by atoms with E-state index in [0.717, 1.165) is 62.8 Å². The van der Waals surface area contributed by atoms with Gasteiger partial charge >= 0.3 is 0 Å². The molecule has 3 rings (SSSR count). The van der Waals surface area contributed by atoms with Crippen molar-refractivity contribution in [2.24, 2.45) is 0 Å². The van der Waals surface area contributed by atoms with Gasteiger partial charge in [-0.05, 0) is 19.4 Å². The number of fused-ring (bicyclic) bond motifs is 1. The van der Waals surface area contributed by atoms with Crippen molar-refractivity contribution < 1.29 is 4.79 Å². The molecular weight excluding hydrogens is 240 g/mol. The number of carbonyl (C=O) groups is 1. The van der Waals surface area contributed by atoms with Gasteiger partial charge in [0.1, 0.15) is 0 Å². The van der Waals surface area contributed by atoms with Crippen molar-refractivity contribution in [1.82, 2.24) is 14.9 Å². The summed E-state index contributed by atoms with van der Waals surface area (Å²) in [4.78, 5) is 25.4. The Bertz CT molecular complexity index is 480. The number of Topliss-reactive ketones (excluding diaryl/α,β-unsaturated/α-hetero) is 1. The minimum atomic E-state index is 0.198. The third kappa shape index (κ3) is 2.47. The van der Waals surface area contributed by atoms with Crippen LogP contribution in [-0.4, -0.2) is 53.4 Å². The van der Waals surface area contributed by atoms with Crippen molar-refractivity contribution >= 4 is 11.7 Å². The van der Waals surface area contributed by atoms with Crippen molar-refractivity contribution in [3.05, 3.63) is 17.5 Å². The zero-order valence-corrected chi connectivity index (χ0v) is 11.4. The minimum absolute atomic E-state index is 0.198. The summed E-state index contributed by atoms with van der Waals surface area (Å²) < 4.78 is 0. The Morgan fingerprint density at radius 1 is 1.21 bits per heavy atom. The molecule has 2 aliphatic rings. The van der Waals surface area contributed by atoms with E-state index in [9.17, 15) is 4.79 Å². The number of carbonyl (C=O) groups excluding carboxylic acids is 1. The fourth-order valence-electron chi connectivity index (χ4n) is 2.80. The van der Waals surface area contributed by atoms with Gasteiger partial charge in [0.25, 0.3) is 0 Å². The molecule has 1 fully saturated rings. The standard InChI is InChI=1S/C14H20N4O/c1-2-17-6-8-18(9-7-17)14-15-10-11-12(16-14)4-3-5-13(11)19/h10H,2-9H2,1H3. The van der Waals surface area contributed by atoms with Gasteiger partial charge in [-0.1, -0.05) is 6.92 Å². The highest BCUT2D eigenvalue weighted by Gasteiger charge is 2.22. The average Bonchev–Trinajstić information content (AvgIpc) is 2.47. The lowest BCUT2D eigenvalue weighted by molar-refractivity contribution is 0.0971. The molecule has 102 valence electrons. The maximum atomic E-state index is 11.8. The van der Waals surface area contributed by atoms with Crippen LogP contribution in [0.4, 0.5) is 5.95 Å². The highest BCUT2D eigenvalue weighted by molar-refractivity contribution is 5.97. The van der Waals surface area contributed by atoms with Gasteiger partial charge in [0.05, 0.1) is 11.3 Å². The molecule has 0 N–H and O–H groups in total. The molecule has 1 aliphatic carbocycles. The van der Waals surface area contributed by atoms with Crippen LogP contribution in [0.5, 0.6) is 0 Å². The quantitative estimate of drug-likeness (QED) is 0.798. The molecule has 1 aromatic heterocycles. The van der Waals surface area contributed by atoms with E-state index in [0.29, 0.717) is 6.42 Å². The van der Waals surface area contributed by atoms with Gasteiger partial charge in [0, 0.05) is 38.8 Å². The van der Waals surface area contributed by atoms with Crippen molar-refractivity contribution in [3.63, 3.8) is 0 Å². The van der Waals surface area contributed by atoms with Gasteiger partial charge < -0.3 is 9.80 Å². The van der Waals surface area contributed by atoms with Gasteiger partial charge in [-0.3, -0.25) is 4.79 Å². The first kappa shape index (κ1) is 12.5. The molecule has 0 saturated carbocycles. The number of ketones is 1. The van der Waals surface area contributed by atoms with Gasteiger partial charge in [0.2, 0.25) is 5.95 Å². The molecule has 1 aromatic rings. The lowest BCUT2D eigenvalue weighted by Crippen LogP contribution is -2.46. The average molecular weight is 260 g/mol. The monoisotopic (exact) mass is 260 g/mol. The summed E-state index contributed by atoms with van der Waals surface area (Å²) in [7, 11) is 0. The summed E-state index contributed by atoms with van der Waals surface area (Å²) in [6, 6.07) is 0. The van der Waals surface area contributed by atoms with Crippen LogP contribution < -0.4 is 4.90 Å². The molecule has 0 atom stereocenters. The SMILES string of the molecule is CCN1CCN(c2ncc3c(n2)CCCC3=O)CC1. The summed E-state index contributed by atoms with van der Waals surface area (Å²) in [6.45, 7) is 7.37. The number of nitrogens with zero attached hydrogens (tertiary/aromatic N) is 4. The van der Waals surface area contributed by atoms with Gasteiger partial charge in [-0.2, -0.15) is 0 Å². The number of anilines is 1. The van der Waals surface area contributed by atoms with Crippen molar-refractivity contribution in [3.8, 4) is 0 Å². The smallest absolute Gasteiger partial charge is 0.225 e. The summed E-state index contributed by atoms with van der Waals surface area (Å²) in [5.74, 6) is 0.993. The first-order valence-corrected chi connectivity index (χ1v) is 7.14. The molecule has 0 bridgehead atoms. The van der Waals surface area contributed by atoms with E-state index < -0.39 is 0 Å². The van der Waals surface area contributed by atoms with Gasteiger partial charge in [-0.25, -0.2) is 9.97 Å². The van der Waals surface area contributed by atoms with Crippen LogP contribution >= 0.6 is 0 Å². The van der Waals surface area contributed by atoms with Crippen molar-refractivity contribution in [2.75, 3.05) is 37.6 Å². The third-order valence-electron chi connectivity index (χ3n) is 4.08. The summed E-state index contributed by atoms with van der Waals surface area (Å²) in [5.41, 5.74) is 1.68. The van der Waals surface area contributed by atoms with Crippen LogP contribution in [0.1, 0.15) is 35.8 Å². The molecule has 1 saturated heterocycles. The predicted molar refractivity (Wildman–Crippen MR) is 73.6 cm³/mol. The van der Waals surface area contributed by atoms with E-state index in [1.165, 1.54) is 0 Å². The first-order valence-electron chi connectivity index (χ1n) is 7.14. The van der Waals surface area contributed by atoms with E-state index in [2.05, 4.69) is 26.7 Å². The molecular formula is C14H20N4O. The molecule has 2 heterocycles. The van der Waals surface area contributed by atoms with Crippen LogP contribution in [0.25, 0.3) is 0 Å². The highest BCUT2D eigenvalue weighted by atomic mass is 16.1. The van der Waals surface area contributed by atoms with E-state index >= 15 is 0 Å². The van der Waals surface area contributed by atoms with Crippen LogP contribution in [0, 0.1) is 0 Å². The Kier molecular flexibility index (Phi) is 3.46. The Labute approximate surface area is 113 Å². The topological polar surface area (TPSA) is 49.3 Å². The number of aromatic nitrogens is 2.